The van der Waals surface area contributed by atoms with Crippen LogP contribution in [0.3, 0.4) is 0 Å². The molecule has 0 N–H and O–H groups in total. The van der Waals surface area contributed by atoms with Crippen LogP contribution in [0.4, 0.5) is 0 Å². The highest BCUT2D eigenvalue weighted by Gasteiger charge is 2.20. The second-order valence-corrected chi connectivity index (χ2v) is 17.9. The number of hydrogen-bond acceptors (Lipinski definition) is 15. The lowest BCUT2D eigenvalue weighted by molar-refractivity contribution is -0.167. The van der Waals surface area contributed by atoms with E-state index < -0.39 is 30.0 Å². The standard InChI is InChI=1S/C60H80O15/c1-67-55(61)40-31-48-25-34-51(35-26-48)70-43-19-13-7-4-10-16-22-58(64)73-46-54(75-60(66)24-18-12-6-9-15-21-45-72-53-38-29-50(30-39-53)33-42-57(63)69-3)47-74-59(65)23-17-11-5-8-14-20-44-71-52-36-27-49(28-37-52)32-41-56(62)68-2/h25-42,54H,4-24,43-47H2,1-3H3. The summed E-state index contributed by atoms with van der Waals surface area (Å²) in [6.45, 7) is 1.41. The predicted molar refractivity (Wildman–Crippen MR) is 288 cm³/mol. The van der Waals surface area contributed by atoms with E-state index in [-0.39, 0.29) is 44.4 Å². The molecule has 0 aliphatic heterocycles. The lowest BCUT2D eigenvalue weighted by Gasteiger charge is -2.18. The Morgan fingerprint density at radius 2 is 0.627 bits per heavy atom. The average molecular weight is 1040 g/mol. The minimum atomic E-state index is -0.898. The molecule has 15 heteroatoms. The van der Waals surface area contributed by atoms with E-state index in [0.29, 0.717) is 39.1 Å². The zero-order chi connectivity index (χ0) is 54.0. The van der Waals surface area contributed by atoms with Gasteiger partial charge < -0.3 is 42.6 Å². The van der Waals surface area contributed by atoms with Gasteiger partial charge in [-0.3, -0.25) is 14.4 Å². The van der Waals surface area contributed by atoms with Gasteiger partial charge in [0.2, 0.25) is 0 Å². The molecule has 0 aliphatic carbocycles. The zero-order valence-electron chi connectivity index (χ0n) is 44.5. The van der Waals surface area contributed by atoms with Crippen molar-refractivity contribution in [1.82, 2.24) is 0 Å². The van der Waals surface area contributed by atoms with Crippen LogP contribution in [0.25, 0.3) is 18.2 Å². The second kappa shape index (κ2) is 40.5. The molecule has 3 aromatic rings. The van der Waals surface area contributed by atoms with Gasteiger partial charge in [0.05, 0.1) is 41.2 Å². The van der Waals surface area contributed by atoms with E-state index in [1.54, 1.807) is 18.2 Å². The van der Waals surface area contributed by atoms with Gasteiger partial charge >= 0.3 is 35.8 Å². The van der Waals surface area contributed by atoms with Crippen LogP contribution in [-0.4, -0.2) is 96.3 Å². The Balaban J connectivity index is 1.29. The van der Waals surface area contributed by atoms with Crippen LogP contribution in [0.1, 0.15) is 152 Å². The maximum atomic E-state index is 12.9. The number of esters is 6. The van der Waals surface area contributed by atoms with Gasteiger partial charge in [-0.25, -0.2) is 14.4 Å². The maximum absolute atomic E-state index is 12.9. The molecule has 0 heterocycles. The Hall–Kier alpha value is -6.90. The third-order valence-electron chi connectivity index (χ3n) is 11.8. The van der Waals surface area contributed by atoms with Crippen molar-refractivity contribution in [2.75, 3.05) is 54.4 Å². The predicted octanol–water partition coefficient (Wildman–Crippen LogP) is 12.0. The third-order valence-corrected chi connectivity index (χ3v) is 11.8. The SMILES string of the molecule is COC(=O)C=Cc1ccc(OCCCCCCCCC(=O)OCC(COC(=O)CCCCCCCCOc2ccc(C=CC(=O)OC)cc2)OC(=O)CCCCCCCCOc2ccc(C=CC(=O)OC)cc2)cc1. The first-order valence-corrected chi connectivity index (χ1v) is 26.5. The normalized spacial score (nSPS) is 11.6. The molecule has 0 saturated heterocycles. The first-order chi connectivity index (χ1) is 36.6. The van der Waals surface area contributed by atoms with Gasteiger partial charge in [-0.15, -0.1) is 0 Å². The van der Waals surface area contributed by atoms with Gasteiger partial charge in [-0.05, 0) is 110 Å². The topological polar surface area (TPSA) is 185 Å². The summed E-state index contributed by atoms with van der Waals surface area (Å²) in [6, 6.07) is 22.4. The van der Waals surface area contributed by atoms with Gasteiger partial charge in [-0.1, -0.05) is 113 Å². The number of unbranched alkanes of at least 4 members (excludes halogenated alkanes) is 15. The largest absolute Gasteiger partial charge is 0.494 e. The average Bonchev–Trinajstić information content (AvgIpc) is 3.43. The molecule has 410 valence electrons. The summed E-state index contributed by atoms with van der Waals surface area (Å²) >= 11 is 0. The zero-order valence-corrected chi connectivity index (χ0v) is 44.5. The summed E-state index contributed by atoms with van der Waals surface area (Å²) in [5, 5.41) is 0. The van der Waals surface area contributed by atoms with Crippen molar-refractivity contribution in [2.45, 2.75) is 141 Å². The number of benzene rings is 3. The van der Waals surface area contributed by atoms with Crippen molar-refractivity contribution >= 4 is 54.0 Å². The summed E-state index contributed by atoms with van der Waals surface area (Å²) < 4.78 is 48.1. The molecule has 3 rings (SSSR count). The Morgan fingerprint density at radius 1 is 0.360 bits per heavy atom. The second-order valence-electron chi connectivity index (χ2n) is 17.9. The molecular weight excluding hydrogens is 961 g/mol. The molecule has 0 spiro atoms. The molecule has 0 aromatic heterocycles. The molecular formula is C60H80O15. The van der Waals surface area contributed by atoms with Crippen molar-refractivity contribution in [3.05, 3.63) is 108 Å². The minimum Gasteiger partial charge on any atom is -0.494 e. The van der Waals surface area contributed by atoms with Crippen molar-refractivity contribution < 1.29 is 71.4 Å². The van der Waals surface area contributed by atoms with Gasteiger partial charge in [0.15, 0.2) is 6.10 Å². The van der Waals surface area contributed by atoms with Crippen molar-refractivity contribution in [3.63, 3.8) is 0 Å². The minimum absolute atomic E-state index is 0.188. The number of methoxy groups -OCH3 is 3. The van der Waals surface area contributed by atoms with Crippen LogP contribution in [0.2, 0.25) is 0 Å². The van der Waals surface area contributed by atoms with E-state index >= 15 is 0 Å². The van der Waals surface area contributed by atoms with Crippen molar-refractivity contribution in [1.29, 1.82) is 0 Å². The van der Waals surface area contributed by atoms with E-state index in [1.165, 1.54) is 39.6 Å². The molecule has 0 unspecified atom stereocenters. The van der Waals surface area contributed by atoms with Crippen molar-refractivity contribution in [2.24, 2.45) is 0 Å². The van der Waals surface area contributed by atoms with E-state index in [2.05, 4.69) is 14.2 Å². The molecule has 0 aliphatic rings. The highest BCUT2D eigenvalue weighted by molar-refractivity contribution is 5.88. The van der Waals surface area contributed by atoms with Crippen LogP contribution >= 0.6 is 0 Å². The third kappa shape index (κ3) is 32.1. The molecule has 15 nitrogen and oxygen atoms in total. The molecule has 0 fully saturated rings. The number of carbonyl (C=O) groups excluding carboxylic acids is 6. The van der Waals surface area contributed by atoms with Gasteiger partial charge in [0.25, 0.3) is 0 Å². The Bertz CT molecular complexity index is 2060. The van der Waals surface area contributed by atoms with E-state index in [9.17, 15) is 28.8 Å². The van der Waals surface area contributed by atoms with E-state index in [0.717, 1.165) is 130 Å². The maximum Gasteiger partial charge on any atom is 0.330 e. The fourth-order valence-corrected chi connectivity index (χ4v) is 7.41. The Kier molecular flexibility index (Phi) is 33.7. The monoisotopic (exact) mass is 1040 g/mol. The van der Waals surface area contributed by atoms with Crippen LogP contribution in [-0.2, 0) is 57.2 Å². The lowest BCUT2D eigenvalue weighted by atomic mass is 10.1. The lowest BCUT2D eigenvalue weighted by Crippen LogP contribution is -2.30. The fraction of sp³-hybridized carbons (Fsp3) is 0.500. The molecule has 0 amide bonds. The van der Waals surface area contributed by atoms with Gasteiger partial charge in [0.1, 0.15) is 30.5 Å². The molecule has 0 radical (unpaired) electrons. The van der Waals surface area contributed by atoms with Crippen LogP contribution in [0.15, 0.2) is 91.0 Å². The highest BCUT2D eigenvalue weighted by Crippen LogP contribution is 2.18. The van der Waals surface area contributed by atoms with E-state index in [1.807, 2.05) is 72.8 Å². The quantitative estimate of drug-likeness (QED) is 0.0226. The summed E-state index contributed by atoms with van der Waals surface area (Å²) in [7, 11) is 4.01. The van der Waals surface area contributed by atoms with Gasteiger partial charge in [-0.2, -0.15) is 0 Å². The summed E-state index contributed by atoms with van der Waals surface area (Å²) in [5.74, 6) is -0.127. The van der Waals surface area contributed by atoms with E-state index in [4.69, 9.17) is 28.4 Å². The summed E-state index contributed by atoms with van der Waals surface area (Å²) in [6.07, 6.45) is 25.2. The molecule has 0 bridgehead atoms. The number of rotatable bonds is 41. The number of carbonyl (C=O) groups is 6. The van der Waals surface area contributed by atoms with Crippen molar-refractivity contribution in [3.8, 4) is 17.2 Å². The van der Waals surface area contributed by atoms with Gasteiger partial charge in [0, 0.05) is 37.5 Å². The first-order valence-electron chi connectivity index (χ1n) is 26.5. The smallest absolute Gasteiger partial charge is 0.330 e. The molecule has 0 atom stereocenters. The summed E-state index contributed by atoms with van der Waals surface area (Å²) in [5.41, 5.74) is 2.62. The molecule has 75 heavy (non-hydrogen) atoms. The summed E-state index contributed by atoms with van der Waals surface area (Å²) in [4.78, 5) is 72.2. The fourth-order valence-electron chi connectivity index (χ4n) is 7.41. The van der Waals surface area contributed by atoms with Crippen LogP contribution < -0.4 is 14.2 Å². The van der Waals surface area contributed by atoms with Crippen LogP contribution in [0, 0.1) is 0 Å². The van der Waals surface area contributed by atoms with Crippen LogP contribution in [0.5, 0.6) is 17.2 Å². The highest BCUT2D eigenvalue weighted by atomic mass is 16.6. The number of hydrogen-bond donors (Lipinski definition) is 0. The Labute approximate surface area is 444 Å². The first kappa shape index (κ1) is 62.4. The Morgan fingerprint density at radius 3 is 0.920 bits per heavy atom. The molecule has 3 aromatic carbocycles. The number of ether oxygens (including phenoxy) is 9. The molecule has 0 saturated carbocycles.